The van der Waals surface area contributed by atoms with E-state index in [-0.39, 0.29) is 25.6 Å². The smallest absolute Gasteiger partial charge is 0.407 e. The number of aliphatic carboxylic acids is 1. The molecule has 68 heavy (non-hydrogen) atoms. The minimum atomic E-state index is -1.75. The number of azide groups is 1. The molecule has 12 atom stereocenters. The minimum absolute atomic E-state index is 0.0643. The molecule has 362 valence electrons. The number of carbonyl (C=O) groups is 6. The van der Waals surface area contributed by atoms with Crippen LogP contribution in [0.15, 0.2) is 84.0 Å². The second-order valence-electron chi connectivity index (χ2n) is 16.1. The lowest BCUT2D eigenvalue weighted by Crippen LogP contribution is -2.67. The number of fused-ring (bicyclic) bond motifs is 4. The Hall–Kier alpha value is -6.65. The summed E-state index contributed by atoms with van der Waals surface area (Å²) in [6, 6.07) is 21.3. The summed E-state index contributed by atoms with van der Waals surface area (Å²) in [5.41, 5.74) is 14.5. The lowest BCUT2D eigenvalue weighted by Gasteiger charge is -2.50. The Morgan fingerprint density at radius 2 is 1.35 bits per heavy atom. The van der Waals surface area contributed by atoms with Crippen LogP contribution in [0.3, 0.4) is 0 Å². The van der Waals surface area contributed by atoms with Crippen molar-refractivity contribution < 1.29 is 86.0 Å². The number of nitrogens with zero attached hydrogens (tertiary/aromatic N) is 3. The minimum Gasteiger partial charge on any atom is -0.480 e. The van der Waals surface area contributed by atoms with Crippen LogP contribution < -0.4 is 5.32 Å². The zero-order chi connectivity index (χ0) is 48.5. The van der Waals surface area contributed by atoms with Crippen molar-refractivity contribution in [1.82, 2.24) is 5.32 Å². The van der Waals surface area contributed by atoms with Crippen molar-refractivity contribution in [2.75, 3.05) is 26.4 Å². The molecule has 0 unspecified atom stereocenters. The number of carboxylic acids is 1. The summed E-state index contributed by atoms with van der Waals surface area (Å²) in [6.07, 6.45) is -15.4. The molecule has 1 amide bonds. The van der Waals surface area contributed by atoms with Crippen LogP contribution in [0, 0.1) is 0 Å². The molecule has 0 radical (unpaired) electrons. The first-order valence-corrected chi connectivity index (χ1v) is 21.7. The van der Waals surface area contributed by atoms with Gasteiger partial charge in [-0.05, 0) is 27.8 Å². The number of nitrogens with one attached hydrogen (secondary N) is 1. The normalized spacial score (nSPS) is 27.6. The fourth-order valence-corrected chi connectivity index (χ4v) is 8.61. The molecule has 4 aliphatic rings. The van der Waals surface area contributed by atoms with E-state index in [0.717, 1.165) is 49.9 Å². The fourth-order valence-electron chi connectivity index (χ4n) is 8.61. The number of esters is 4. The first-order chi connectivity index (χ1) is 32.7. The zero-order valence-corrected chi connectivity index (χ0v) is 37.3. The molecule has 0 aromatic heterocycles. The van der Waals surface area contributed by atoms with Crippen molar-refractivity contribution in [2.45, 2.75) is 114 Å². The highest BCUT2D eigenvalue weighted by molar-refractivity contribution is 5.81. The molecule has 0 bridgehead atoms. The van der Waals surface area contributed by atoms with Gasteiger partial charge in [0.1, 0.15) is 49.7 Å². The van der Waals surface area contributed by atoms with E-state index in [1.807, 2.05) is 48.5 Å². The summed E-state index contributed by atoms with van der Waals surface area (Å²) >= 11 is 0. The molecular weight excluding hydrogens is 897 g/mol. The third-order valence-corrected chi connectivity index (χ3v) is 11.4. The summed E-state index contributed by atoms with van der Waals surface area (Å²) in [4.78, 5) is 78.1. The summed E-state index contributed by atoms with van der Waals surface area (Å²) in [5.74, 6) is -5.04. The number of ether oxygens (including phenoxy) is 11. The monoisotopic (exact) mass is 946 g/mol. The molecule has 3 aromatic carbocycles. The summed E-state index contributed by atoms with van der Waals surface area (Å²) < 4.78 is 65.1. The molecule has 0 spiro atoms. The largest absolute Gasteiger partial charge is 0.480 e. The maximum atomic E-state index is 13.1. The van der Waals surface area contributed by atoms with Crippen LogP contribution in [0.1, 0.15) is 63.0 Å². The number of alkyl carbamates (subject to hydrolysis) is 1. The second-order valence-corrected chi connectivity index (χ2v) is 16.1. The third kappa shape index (κ3) is 11.7. The molecule has 3 heterocycles. The Labute approximate surface area is 388 Å². The lowest BCUT2D eigenvalue weighted by atomic mass is 9.94. The first kappa shape index (κ1) is 49.3. The molecule has 3 fully saturated rings. The van der Waals surface area contributed by atoms with Gasteiger partial charge in [0.05, 0.1) is 13.2 Å². The van der Waals surface area contributed by atoms with Crippen LogP contribution in [-0.2, 0) is 76.1 Å². The van der Waals surface area contributed by atoms with Gasteiger partial charge < -0.3 is 62.5 Å². The second kappa shape index (κ2) is 22.4. The number of benzene rings is 3. The molecule has 22 nitrogen and oxygen atoms in total. The summed E-state index contributed by atoms with van der Waals surface area (Å²) in [5, 5.41) is 16.5. The third-order valence-electron chi connectivity index (χ3n) is 11.4. The molecule has 7 rings (SSSR count). The van der Waals surface area contributed by atoms with Crippen molar-refractivity contribution in [3.05, 3.63) is 106 Å². The van der Waals surface area contributed by atoms with Gasteiger partial charge in [-0.2, -0.15) is 0 Å². The number of amides is 1. The Kier molecular flexibility index (Phi) is 16.2. The molecule has 2 N–H and O–H groups in total. The van der Waals surface area contributed by atoms with Gasteiger partial charge in [0, 0.05) is 50.5 Å². The van der Waals surface area contributed by atoms with Gasteiger partial charge in [-0.15, -0.1) is 0 Å². The molecule has 22 heteroatoms. The van der Waals surface area contributed by atoms with Gasteiger partial charge in [0.25, 0.3) is 0 Å². The van der Waals surface area contributed by atoms with Gasteiger partial charge in [-0.25, -0.2) is 9.59 Å². The van der Waals surface area contributed by atoms with Crippen LogP contribution in [-0.4, -0.2) is 135 Å². The van der Waals surface area contributed by atoms with Gasteiger partial charge in [-0.1, -0.05) is 84.0 Å². The maximum Gasteiger partial charge on any atom is 0.407 e. The lowest BCUT2D eigenvalue weighted by molar-refractivity contribution is -0.376. The van der Waals surface area contributed by atoms with E-state index >= 15 is 0 Å². The van der Waals surface area contributed by atoms with Crippen LogP contribution >= 0.6 is 0 Å². The van der Waals surface area contributed by atoms with Crippen LogP contribution in [0.2, 0.25) is 0 Å². The van der Waals surface area contributed by atoms with Crippen molar-refractivity contribution in [2.24, 2.45) is 5.11 Å². The van der Waals surface area contributed by atoms with Gasteiger partial charge >= 0.3 is 35.9 Å². The van der Waals surface area contributed by atoms with Gasteiger partial charge in [0.2, 0.25) is 0 Å². The maximum absolute atomic E-state index is 13.1. The quantitative estimate of drug-likeness (QED) is 0.0624. The number of hydrogen-bond acceptors (Lipinski definition) is 18. The van der Waals surface area contributed by atoms with Crippen molar-refractivity contribution in [3.63, 3.8) is 0 Å². The van der Waals surface area contributed by atoms with Crippen molar-refractivity contribution in [1.29, 1.82) is 0 Å². The Balaban J connectivity index is 1.12. The van der Waals surface area contributed by atoms with Crippen molar-refractivity contribution in [3.8, 4) is 11.1 Å². The Morgan fingerprint density at radius 3 is 1.97 bits per heavy atom. The van der Waals surface area contributed by atoms with Crippen LogP contribution in [0.5, 0.6) is 0 Å². The van der Waals surface area contributed by atoms with E-state index in [4.69, 9.17) is 52.1 Å². The highest BCUT2D eigenvalue weighted by Crippen LogP contribution is 2.45. The summed E-state index contributed by atoms with van der Waals surface area (Å²) in [7, 11) is 0. The number of carbonyl (C=O) groups excluding carboxylic acids is 5. The SMILES string of the molecule is CC(=O)OC[C@H]1O[C@@H](O[C@@H]2[C@@H](N=[N+]=[N-])[C@@H](OCC[C@H](NC(=O)OCC3c4ccccc4-c4ccccc43)C(=O)O)O[C@@H]3CO[C@H](c4ccccc4)O[C@H]23)[C@H](OC(C)=O)[C@@H](OC(C)=O)[C@H]1OC(C)=O. The van der Waals surface area contributed by atoms with Gasteiger partial charge in [0.15, 0.2) is 37.2 Å². The van der Waals surface area contributed by atoms with E-state index in [1.165, 1.54) is 0 Å². The van der Waals surface area contributed by atoms with Crippen LogP contribution in [0.4, 0.5) is 4.79 Å². The molecule has 3 saturated heterocycles. The molecule has 3 aromatic rings. The van der Waals surface area contributed by atoms with Crippen LogP contribution in [0.25, 0.3) is 21.6 Å². The zero-order valence-electron chi connectivity index (χ0n) is 37.3. The number of rotatable bonds is 17. The predicted molar refractivity (Wildman–Crippen MR) is 229 cm³/mol. The number of carboxylic acid groups (broad SMARTS) is 1. The fraction of sp³-hybridized carbons (Fsp3) is 0.478. The summed E-state index contributed by atoms with van der Waals surface area (Å²) in [6.45, 7) is 3.15. The molecule has 0 saturated carbocycles. The van der Waals surface area contributed by atoms with E-state index < -0.39 is 123 Å². The van der Waals surface area contributed by atoms with E-state index in [2.05, 4.69) is 15.3 Å². The Morgan fingerprint density at radius 1 is 0.735 bits per heavy atom. The standard InChI is InChI=1S/C46H50N4O18/c1-23(51)59-21-34-38(62-24(2)52)40(63-25(3)53)41(64-26(4)54)45(66-34)68-39-36(49-50-47)44(65-35-22-60-43(67-37(35)39)27-12-6-5-7-13-27)58-19-18-33(42(55)56)48-46(57)61-20-32-30-16-10-8-14-28(30)29-15-9-11-17-31(29)32/h5-17,32-41,43-45H,18-22H2,1-4H3,(H,48,57)(H,55,56)/t33-,34+,35+,36+,37-,38-,39+,40-,41+,43-,44-,45-/m0/s1. The average molecular weight is 947 g/mol. The molecular formula is C46H50N4O18. The average Bonchev–Trinajstić information content (AvgIpc) is 3.63. The Bertz CT molecular complexity index is 2320. The van der Waals surface area contributed by atoms with E-state index in [1.54, 1.807) is 30.3 Å². The highest BCUT2D eigenvalue weighted by Gasteiger charge is 2.57. The topological polar surface area (TPSA) is 285 Å². The highest BCUT2D eigenvalue weighted by atomic mass is 16.8. The number of hydrogen-bond donors (Lipinski definition) is 2. The predicted octanol–water partition coefficient (Wildman–Crippen LogP) is 4.37. The van der Waals surface area contributed by atoms with Crippen molar-refractivity contribution >= 4 is 35.9 Å². The van der Waals surface area contributed by atoms with E-state index in [0.29, 0.717) is 5.56 Å². The molecule has 1 aliphatic carbocycles. The van der Waals surface area contributed by atoms with Gasteiger partial charge in [-0.3, -0.25) is 19.2 Å². The first-order valence-electron chi connectivity index (χ1n) is 21.7. The van der Waals surface area contributed by atoms with E-state index in [9.17, 15) is 39.4 Å². The molecule has 3 aliphatic heterocycles.